The number of aromatic nitrogens is 2. The molecule has 0 aliphatic carbocycles. The molecule has 1 atom stereocenters. The highest BCUT2D eigenvalue weighted by molar-refractivity contribution is 5.38. The van der Waals surface area contributed by atoms with Crippen molar-refractivity contribution < 1.29 is 4.74 Å². The van der Waals surface area contributed by atoms with E-state index in [1.807, 2.05) is 12.4 Å². The van der Waals surface area contributed by atoms with Gasteiger partial charge in [0, 0.05) is 19.3 Å². The van der Waals surface area contributed by atoms with Crippen LogP contribution in [-0.4, -0.2) is 42.3 Å². The van der Waals surface area contributed by atoms with E-state index >= 15 is 0 Å². The first-order valence-electron chi connectivity index (χ1n) is 6.17. The van der Waals surface area contributed by atoms with Gasteiger partial charge in [-0.25, -0.2) is 4.98 Å². The summed E-state index contributed by atoms with van der Waals surface area (Å²) < 4.78 is 5.43. The first-order chi connectivity index (χ1) is 8.31. The Bertz CT molecular complexity index is 358. The number of morpholine rings is 1. The number of hydrogen-bond acceptors (Lipinski definition) is 5. The largest absolute Gasteiger partial charge is 0.377 e. The van der Waals surface area contributed by atoms with Crippen LogP contribution in [0.1, 0.15) is 19.5 Å². The van der Waals surface area contributed by atoms with Gasteiger partial charge >= 0.3 is 0 Å². The molecule has 1 N–H and O–H groups in total. The van der Waals surface area contributed by atoms with E-state index in [4.69, 9.17) is 4.74 Å². The smallest absolute Gasteiger partial charge is 0.147 e. The molecule has 5 nitrogen and oxygen atoms in total. The Labute approximate surface area is 102 Å². The Morgan fingerprint density at radius 1 is 1.53 bits per heavy atom. The van der Waals surface area contributed by atoms with Gasteiger partial charge in [0.15, 0.2) is 0 Å². The van der Waals surface area contributed by atoms with Crippen molar-refractivity contribution >= 4 is 5.82 Å². The molecule has 17 heavy (non-hydrogen) atoms. The molecule has 0 bridgehead atoms. The second-order valence-electron chi connectivity index (χ2n) is 4.27. The van der Waals surface area contributed by atoms with Crippen LogP contribution < -0.4 is 10.2 Å². The predicted molar refractivity (Wildman–Crippen MR) is 67.0 cm³/mol. The molecule has 2 rings (SSSR count). The molecule has 0 aromatic carbocycles. The molecule has 0 spiro atoms. The zero-order valence-electron chi connectivity index (χ0n) is 10.5. The summed E-state index contributed by atoms with van der Waals surface area (Å²) in [5.74, 6) is 0.955. The van der Waals surface area contributed by atoms with E-state index in [9.17, 15) is 0 Å². The fourth-order valence-corrected chi connectivity index (χ4v) is 1.94. The van der Waals surface area contributed by atoms with Crippen LogP contribution in [0.25, 0.3) is 0 Å². The van der Waals surface area contributed by atoms with E-state index in [0.29, 0.717) is 6.04 Å². The van der Waals surface area contributed by atoms with Crippen molar-refractivity contribution in [2.45, 2.75) is 26.4 Å². The third-order valence-corrected chi connectivity index (χ3v) is 2.89. The van der Waals surface area contributed by atoms with Crippen molar-refractivity contribution in [1.82, 2.24) is 15.3 Å². The van der Waals surface area contributed by atoms with Crippen LogP contribution in [0.5, 0.6) is 0 Å². The highest BCUT2D eigenvalue weighted by Gasteiger charge is 2.20. The summed E-state index contributed by atoms with van der Waals surface area (Å²) in [7, 11) is 0. The van der Waals surface area contributed by atoms with E-state index in [-0.39, 0.29) is 0 Å². The zero-order valence-corrected chi connectivity index (χ0v) is 10.5. The lowest BCUT2D eigenvalue weighted by atomic mass is 10.2. The maximum atomic E-state index is 5.43. The number of nitrogens with zero attached hydrogens (tertiary/aromatic N) is 3. The van der Waals surface area contributed by atoms with Gasteiger partial charge in [-0.1, -0.05) is 6.92 Å². The van der Waals surface area contributed by atoms with E-state index in [1.165, 1.54) is 0 Å². The Morgan fingerprint density at radius 3 is 3.18 bits per heavy atom. The minimum Gasteiger partial charge on any atom is -0.377 e. The van der Waals surface area contributed by atoms with Crippen molar-refractivity contribution in [2.24, 2.45) is 0 Å². The molecule has 1 aromatic heterocycles. The Hall–Kier alpha value is -1.20. The number of anilines is 1. The summed E-state index contributed by atoms with van der Waals surface area (Å²) in [4.78, 5) is 11.1. The van der Waals surface area contributed by atoms with Crippen molar-refractivity contribution in [3.63, 3.8) is 0 Å². The lowest BCUT2D eigenvalue weighted by Crippen LogP contribution is -2.44. The summed E-state index contributed by atoms with van der Waals surface area (Å²) in [5.41, 5.74) is 0.989. The topological polar surface area (TPSA) is 50.3 Å². The number of ether oxygens (including phenoxy) is 1. The normalized spacial score (nSPS) is 20.6. The highest BCUT2D eigenvalue weighted by Crippen LogP contribution is 2.16. The molecule has 0 amide bonds. The lowest BCUT2D eigenvalue weighted by Gasteiger charge is -2.34. The number of rotatable bonds is 4. The van der Waals surface area contributed by atoms with Crippen molar-refractivity contribution in [3.05, 3.63) is 18.1 Å². The molecule has 0 radical (unpaired) electrons. The molecule has 2 heterocycles. The average Bonchev–Trinajstić information content (AvgIpc) is 2.37. The first-order valence-corrected chi connectivity index (χ1v) is 6.17. The van der Waals surface area contributed by atoms with Gasteiger partial charge in [-0.05, 0) is 13.5 Å². The predicted octanol–water partition coefficient (Wildman–Crippen LogP) is 0.811. The summed E-state index contributed by atoms with van der Waals surface area (Å²) in [6.45, 7) is 8.37. The zero-order chi connectivity index (χ0) is 12.1. The summed E-state index contributed by atoms with van der Waals surface area (Å²) in [6, 6.07) is 0.368. The maximum Gasteiger partial charge on any atom is 0.147 e. The van der Waals surface area contributed by atoms with E-state index in [2.05, 4.69) is 34.0 Å². The molecule has 1 aromatic rings. The van der Waals surface area contributed by atoms with Gasteiger partial charge in [0.05, 0.1) is 31.1 Å². The molecular formula is C12H20N4O. The monoisotopic (exact) mass is 236 g/mol. The number of nitrogens with one attached hydrogen (secondary N) is 1. The van der Waals surface area contributed by atoms with Crippen LogP contribution in [0, 0.1) is 0 Å². The summed E-state index contributed by atoms with van der Waals surface area (Å²) >= 11 is 0. The van der Waals surface area contributed by atoms with Gasteiger partial charge < -0.3 is 15.0 Å². The van der Waals surface area contributed by atoms with Crippen molar-refractivity contribution in [3.8, 4) is 0 Å². The quantitative estimate of drug-likeness (QED) is 0.838. The second kappa shape index (κ2) is 5.93. The fraction of sp³-hybridized carbons (Fsp3) is 0.667. The Morgan fingerprint density at radius 2 is 2.41 bits per heavy atom. The molecule has 1 fully saturated rings. The Balaban J connectivity index is 2.08. The number of hydrogen-bond donors (Lipinski definition) is 1. The van der Waals surface area contributed by atoms with Crippen molar-refractivity contribution in [2.75, 3.05) is 31.2 Å². The van der Waals surface area contributed by atoms with Gasteiger partial charge in [0.2, 0.25) is 0 Å². The van der Waals surface area contributed by atoms with E-state index < -0.39 is 0 Å². The van der Waals surface area contributed by atoms with Crippen LogP contribution in [0.3, 0.4) is 0 Å². The molecule has 0 saturated carbocycles. The Kier molecular flexibility index (Phi) is 4.28. The van der Waals surface area contributed by atoms with Crippen LogP contribution in [0.15, 0.2) is 12.4 Å². The van der Waals surface area contributed by atoms with Crippen LogP contribution >= 0.6 is 0 Å². The van der Waals surface area contributed by atoms with Crippen LogP contribution in [0.4, 0.5) is 5.82 Å². The van der Waals surface area contributed by atoms with E-state index in [1.54, 1.807) is 0 Å². The van der Waals surface area contributed by atoms with Crippen LogP contribution in [-0.2, 0) is 11.3 Å². The molecule has 1 aliphatic rings. The molecular weight excluding hydrogens is 216 g/mol. The van der Waals surface area contributed by atoms with Crippen LogP contribution in [0.2, 0.25) is 0 Å². The molecule has 94 valence electrons. The fourth-order valence-electron chi connectivity index (χ4n) is 1.94. The van der Waals surface area contributed by atoms with Gasteiger partial charge in [0.25, 0.3) is 0 Å². The molecule has 1 aliphatic heterocycles. The third-order valence-electron chi connectivity index (χ3n) is 2.89. The van der Waals surface area contributed by atoms with Gasteiger partial charge in [-0.2, -0.15) is 0 Å². The van der Waals surface area contributed by atoms with Gasteiger partial charge in [0.1, 0.15) is 5.82 Å². The molecule has 1 unspecified atom stereocenters. The minimum absolute atomic E-state index is 0.368. The SMILES string of the molecule is CCNCc1cncc(N2CCOCC2C)n1. The van der Waals surface area contributed by atoms with Crippen molar-refractivity contribution in [1.29, 1.82) is 0 Å². The molecule has 1 saturated heterocycles. The first kappa shape index (κ1) is 12.3. The second-order valence-corrected chi connectivity index (χ2v) is 4.27. The van der Waals surface area contributed by atoms with E-state index in [0.717, 1.165) is 44.4 Å². The third kappa shape index (κ3) is 3.14. The summed E-state index contributed by atoms with van der Waals surface area (Å²) in [6.07, 6.45) is 3.65. The maximum absolute atomic E-state index is 5.43. The highest BCUT2D eigenvalue weighted by atomic mass is 16.5. The minimum atomic E-state index is 0.368. The summed E-state index contributed by atoms with van der Waals surface area (Å²) in [5, 5.41) is 3.26. The molecule has 5 heteroatoms. The lowest BCUT2D eigenvalue weighted by molar-refractivity contribution is 0.0985. The van der Waals surface area contributed by atoms with Gasteiger partial charge in [-0.3, -0.25) is 4.98 Å². The standard InChI is InChI=1S/C12H20N4O/c1-3-13-6-11-7-14-8-12(15-11)16-4-5-17-9-10(16)2/h7-8,10,13H,3-6,9H2,1-2H3. The van der Waals surface area contributed by atoms with Gasteiger partial charge in [-0.15, -0.1) is 0 Å². The average molecular weight is 236 g/mol.